The van der Waals surface area contributed by atoms with Crippen LogP contribution in [0.4, 0.5) is 18.9 Å². The van der Waals surface area contributed by atoms with Crippen molar-refractivity contribution in [2.24, 2.45) is 11.3 Å². The quantitative estimate of drug-likeness (QED) is 0.209. The smallest absolute Gasteiger partial charge is 0.382 e. The maximum absolute atomic E-state index is 13.8. The van der Waals surface area contributed by atoms with E-state index in [1.807, 2.05) is 18.2 Å². The molecule has 2 aromatic rings. The van der Waals surface area contributed by atoms with Crippen LogP contribution in [0.15, 0.2) is 36.4 Å². The maximum atomic E-state index is 13.8. The monoisotopic (exact) mass is 670 g/mol. The van der Waals surface area contributed by atoms with Crippen LogP contribution >= 0.6 is 11.8 Å². The third kappa shape index (κ3) is 8.59. The number of benzene rings is 1. The molecule has 3 heterocycles. The summed E-state index contributed by atoms with van der Waals surface area (Å²) < 4.78 is 48.2. The van der Waals surface area contributed by atoms with Gasteiger partial charge >= 0.3 is 6.18 Å². The molecule has 4 aliphatic rings. The van der Waals surface area contributed by atoms with Crippen molar-refractivity contribution in [2.45, 2.75) is 101 Å². The van der Waals surface area contributed by atoms with Gasteiger partial charge in [-0.2, -0.15) is 24.9 Å². The summed E-state index contributed by atoms with van der Waals surface area (Å²) in [5, 5.41) is 8.39. The van der Waals surface area contributed by atoms with Gasteiger partial charge in [-0.3, -0.25) is 10.2 Å². The normalized spacial score (nSPS) is 27.7. The Morgan fingerprint density at radius 3 is 2.60 bits per heavy atom. The first-order chi connectivity index (χ1) is 22.6. The van der Waals surface area contributed by atoms with E-state index in [0.717, 1.165) is 62.8 Å². The number of rotatable bonds is 10. The van der Waals surface area contributed by atoms with E-state index >= 15 is 0 Å². The average Bonchev–Trinajstić information content (AvgIpc) is 3.38. The zero-order valence-electron chi connectivity index (χ0n) is 27.7. The number of Topliss-reactive ketones (excluding diaryl/α,β-unsaturated/α-hetero) is 1. The summed E-state index contributed by atoms with van der Waals surface area (Å²) in [7, 11) is 0. The minimum Gasteiger partial charge on any atom is -0.382 e. The second-order valence-electron chi connectivity index (χ2n) is 14.2. The summed E-state index contributed by atoms with van der Waals surface area (Å²) in [5.74, 6) is 6.68. The maximum Gasteiger partial charge on any atom is 0.406 e. The lowest BCUT2D eigenvalue weighted by Crippen LogP contribution is -2.62. The number of thioether (sulfide) groups is 1. The Labute approximate surface area is 281 Å². The van der Waals surface area contributed by atoms with Gasteiger partial charge in [0.2, 0.25) is 0 Å². The molecule has 1 spiro atoms. The molecule has 10 heteroatoms. The molecule has 0 bridgehead atoms. The van der Waals surface area contributed by atoms with Crippen molar-refractivity contribution in [3.05, 3.63) is 42.1 Å². The van der Waals surface area contributed by atoms with Gasteiger partial charge in [-0.15, -0.1) is 0 Å². The van der Waals surface area contributed by atoms with Gasteiger partial charge in [-0.05, 0) is 94.6 Å². The van der Waals surface area contributed by atoms with Gasteiger partial charge < -0.3 is 19.4 Å². The fourth-order valence-corrected chi connectivity index (χ4v) is 8.87. The molecular weight excluding hydrogens is 621 g/mol. The minimum atomic E-state index is -4.37. The van der Waals surface area contributed by atoms with Gasteiger partial charge in [0, 0.05) is 72.6 Å². The number of nitrogens with zero attached hydrogens (tertiary/aromatic N) is 2. The summed E-state index contributed by atoms with van der Waals surface area (Å²) in [4.78, 5) is 14.3. The summed E-state index contributed by atoms with van der Waals surface area (Å²) in [6.45, 7) is 5.07. The van der Waals surface area contributed by atoms with E-state index in [0.29, 0.717) is 52.8 Å². The Bertz CT molecular complexity index is 1470. The van der Waals surface area contributed by atoms with Crippen molar-refractivity contribution in [3.8, 4) is 11.8 Å². The van der Waals surface area contributed by atoms with Crippen molar-refractivity contribution in [2.75, 3.05) is 44.4 Å². The summed E-state index contributed by atoms with van der Waals surface area (Å²) in [6, 6.07) is 8.40. The number of carbonyl (C=O) groups excluding carboxylic acids is 1. The number of alkyl halides is 3. The number of carbonyl (C=O) groups is 1. The van der Waals surface area contributed by atoms with E-state index in [-0.39, 0.29) is 11.8 Å². The predicted octanol–water partition coefficient (Wildman–Crippen LogP) is 7.03. The second-order valence-corrected chi connectivity index (χ2v) is 15.3. The first-order valence-corrected chi connectivity index (χ1v) is 18.6. The number of hydrogen-bond acceptors (Lipinski definition) is 6. The number of anilines is 1. The second kappa shape index (κ2) is 15.0. The van der Waals surface area contributed by atoms with Gasteiger partial charge in [0.15, 0.2) is 0 Å². The molecule has 2 saturated heterocycles. The molecule has 3 unspecified atom stereocenters. The van der Waals surface area contributed by atoms with Crippen LogP contribution in [-0.2, 0) is 16.1 Å². The molecule has 1 saturated carbocycles. The number of likely N-dealkylation sites (tertiary alicyclic amines) is 1. The van der Waals surface area contributed by atoms with E-state index in [9.17, 15) is 18.0 Å². The van der Waals surface area contributed by atoms with Crippen LogP contribution in [0.1, 0.15) is 70.4 Å². The fraction of sp³-hybridized carbons (Fsp3) is 0.649. The predicted molar refractivity (Wildman–Crippen MR) is 185 cm³/mol. The first kappa shape index (κ1) is 34.4. The third-order valence-electron chi connectivity index (χ3n) is 10.9. The van der Waals surface area contributed by atoms with Crippen molar-refractivity contribution in [1.29, 1.82) is 0 Å². The van der Waals surface area contributed by atoms with Crippen LogP contribution in [0.2, 0.25) is 0 Å². The zero-order chi connectivity index (χ0) is 33.0. The molecule has 6 rings (SSSR count). The molecule has 0 amide bonds. The zero-order valence-corrected chi connectivity index (χ0v) is 28.5. The standard InChI is InChI=1S/C37H49F3N4O2S/c1-26(45)8-9-27-21-31(47-2)14-15-33(27)41-18-4-5-30-22-32-34(6-3-7-35(32)44(30)25-37(38,39)40)42-28-10-12-29(13-11-28)43-23-36(24-43)16-19-46-20-17-36/h3,6-7,14-15,22,27-29,31,33,41-42H,8-13,16-21,23-25H2,1-2H3. The van der Waals surface area contributed by atoms with E-state index in [2.05, 4.69) is 45.8 Å². The topological polar surface area (TPSA) is 58.5 Å². The molecular formula is C37H49F3N4O2S. The lowest BCUT2D eigenvalue weighted by atomic mass is 9.71. The Kier molecular flexibility index (Phi) is 11.0. The molecule has 0 radical (unpaired) electrons. The number of ketones is 1. The van der Waals surface area contributed by atoms with Crippen molar-refractivity contribution < 1.29 is 22.7 Å². The summed E-state index contributed by atoms with van der Waals surface area (Å²) >= 11 is 1.81. The van der Waals surface area contributed by atoms with Crippen LogP contribution in [0.5, 0.6) is 0 Å². The summed E-state index contributed by atoms with van der Waals surface area (Å²) in [5.41, 5.74) is 2.27. The number of halogens is 3. The number of aromatic nitrogens is 1. The molecule has 3 atom stereocenters. The van der Waals surface area contributed by atoms with Crippen molar-refractivity contribution in [3.63, 3.8) is 0 Å². The van der Waals surface area contributed by atoms with Gasteiger partial charge in [0.1, 0.15) is 12.3 Å². The highest BCUT2D eigenvalue weighted by atomic mass is 32.2. The van der Waals surface area contributed by atoms with E-state index < -0.39 is 12.7 Å². The Morgan fingerprint density at radius 2 is 1.89 bits per heavy atom. The van der Waals surface area contributed by atoms with Crippen LogP contribution in [0.25, 0.3) is 10.9 Å². The summed E-state index contributed by atoms with van der Waals surface area (Å²) in [6.07, 6.45) is 11.2. The fourth-order valence-electron chi connectivity index (χ4n) is 8.19. The molecule has 2 N–H and O–H groups in total. The minimum absolute atomic E-state index is 0.0862. The molecule has 1 aromatic carbocycles. The van der Waals surface area contributed by atoms with Crippen LogP contribution in [-0.4, -0.2) is 83.9 Å². The van der Waals surface area contributed by atoms with E-state index in [4.69, 9.17) is 4.74 Å². The average molecular weight is 671 g/mol. The number of hydrogen-bond donors (Lipinski definition) is 2. The number of nitrogens with one attached hydrogen (secondary N) is 2. The Morgan fingerprint density at radius 1 is 1.13 bits per heavy atom. The van der Waals surface area contributed by atoms with Gasteiger partial charge in [-0.1, -0.05) is 24.1 Å². The van der Waals surface area contributed by atoms with Crippen molar-refractivity contribution >= 4 is 34.1 Å². The molecule has 3 fully saturated rings. The molecule has 6 nitrogen and oxygen atoms in total. The molecule has 2 aliphatic carbocycles. The lowest BCUT2D eigenvalue weighted by Gasteiger charge is -2.56. The van der Waals surface area contributed by atoms with Gasteiger partial charge in [0.25, 0.3) is 0 Å². The van der Waals surface area contributed by atoms with Crippen LogP contribution in [0.3, 0.4) is 0 Å². The van der Waals surface area contributed by atoms with Gasteiger partial charge in [0.05, 0.1) is 17.8 Å². The van der Waals surface area contributed by atoms with Crippen LogP contribution < -0.4 is 10.6 Å². The number of fused-ring (bicyclic) bond motifs is 1. The highest BCUT2D eigenvalue weighted by Crippen LogP contribution is 2.43. The molecule has 256 valence electrons. The lowest BCUT2D eigenvalue weighted by molar-refractivity contribution is -0.140. The van der Waals surface area contributed by atoms with Gasteiger partial charge in [-0.25, -0.2) is 0 Å². The number of ether oxygens (including phenoxy) is 1. The Hall–Kier alpha value is -2.45. The Balaban J connectivity index is 1.11. The molecule has 47 heavy (non-hydrogen) atoms. The first-order valence-electron chi connectivity index (χ1n) is 17.3. The SMILES string of the molecule is CSC1C=CC(NCC#Cc2cc3c(NC4CCC(N5CC6(CCOCC6)C5)CC4)cccc3n2CC(F)(F)F)C(CCC(C)=O)C1. The molecule has 2 aliphatic heterocycles. The van der Waals surface area contributed by atoms with Crippen LogP contribution in [0, 0.1) is 23.2 Å². The molecule has 1 aromatic heterocycles. The largest absolute Gasteiger partial charge is 0.406 e. The third-order valence-corrected chi connectivity index (χ3v) is 11.8. The van der Waals surface area contributed by atoms with Crippen molar-refractivity contribution in [1.82, 2.24) is 14.8 Å². The highest BCUT2D eigenvalue weighted by Gasteiger charge is 2.46. The van der Waals surface area contributed by atoms with E-state index in [1.54, 1.807) is 24.8 Å². The highest BCUT2D eigenvalue weighted by molar-refractivity contribution is 7.99. The van der Waals surface area contributed by atoms with E-state index in [1.165, 1.54) is 30.5 Å².